The van der Waals surface area contributed by atoms with Gasteiger partial charge in [-0.1, -0.05) is 12.1 Å². The molecule has 0 saturated carbocycles. The van der Waals surface area contributed by atoms with Gasteiger partial charge in [-0.2, -0.15) is 0 Å². The fraction of sp³-hybridized carbons (Fsp3) is 0.188. The van der Waals surface area contributed by atoms with Crippen molar-refractivity contribution in [2.75, 3.05) is 12.4 Å². The highest BCUT2D eigenvalue weighted by molar-refractivity contribution is 7.15. The summed E-state index contributed by atoms with van der Waals surface area (Å²) < 4.78 is 18.9. The standard InChI is InChI=1S/C16H16FN3OS/c1-20(10-12-5-4-8-21-12)11-13-9-18-16(22-13)19-15-7-3-2-6-14(15)17/h2-9H,10-11H2,1H3,(H,18,19). The van der Waals surface area contributed by atoms with Crippen molar-refractivity contribution >= 4 is 22.2 Å². The fourth-order valence-electron chi connectivity index (χ4n) is 2.11. The Morgan fingerprint density at radius 2 is 2.09 bits per heavy atom. The van der Waals surface area contributed by atoms with Crippen LogP contribution in [-0.2, 0) is 13.1 Å². The van der Waals surface area contributed by atoms with Gasteiger partial charge in [0.05, 0.1) is 18.5 Å². The molecule has 0 saturated heterocycles. The number of hydrogen-bond donors (Lipinski definition) is 1. The van der Waals surface area contributed by atoms with Gasteiger partial charge in [0.1, 0.15) is 11.6 Å². The molecular formula is C16H16FN3OS. The van der Waals surface area contributed by atoms with Crippen molar-refractivity contribution in [1.29, 1.82) is 0 Å². The Hall–Kier alpha value is -2.18. The highest BCUT2D eigenvalue weighted by Crippen LogP contribution is 2.25. The second-order valence-electron chi connectivity index (χ2n) is 4.99. The Labute approximate surface area is 132 Å². The molecule has 1 aromatic carbocycles. The van der Waals surface area contributed by atoms with Gasteiger partial charge in [0.15, 0.2) is 5.13 Å². The Kier molecular flexibility index (Phi) is 4.50. The summed E-state index contributed by atoms with van der Waals surface area (Å²) in [6.07, 6.45) is 3.48. The quantitative estimate of drug-likeness (QED) is 0.738. The first-order valence-electron chi connectivity index (χ1n) is 6.88. The van der Waals surface area contributed by atoms with Crippen molar-refractivity contribution in [3.05, 3.63) is 65.3 Å². The highest BCUT2D eigenvalue weighted by Gasteiger charge is 2.08. The lowest BCUT2D eigenvalue weighted by atomic mass is 10.3. The Bertz CT molecular complexity index is 727. The monoisotopic (exact) mass is 317 g/mol. The molecule has 3 rings (SSSR count). The number of nitrogens with zero attached hydrogens (tertiary/aromatic N) is 2. The molecule has 0 unspecified atom stereocenters. The van der Waals surface area contributed by atoms with E-state index in [9.17, 15) is 4.39 Å². The van der Waals surface area contributed by atoms with Crippen molar-refractivity contribution in [3.8, 4) is 0 Å². The van der Waals surface area contributed by atoms with E-state index in [2.05, 4.69) is 15.2 Å². The van der Waals surface area contributed by atoms with Gasteiger partial charge in [-0.15, -0.1) is 11.3 Å². The van der Waals surface area contributed by atoms with E-state index in [1.807, 2.05) is 25.4 Å². The molecule has 0 aliphatic carbocycles. The molecule has 0 bridgehead atoms. The van der Waals surface area contributed by atoms with Crippen LogP contribution in [0.2, 0.25) is 0 Å². The molecule has 114 valence electrons. The summed E-state index contributed by atoms with van der Waals surface area (Å²) in [6.45, 7) is 1.50. The lowest BCUT2D eigenvalue weighted by molar-refractivity contribution is 0.290. The van der Waals surface area contributed by atoms with E-state index in [-0.39, 0.29) is 5.82 Å². The molecule has 2 aromatic heterocycles. The van der Waals surface area contributed by atoms with Crippen molar-refractivity contribution in [1.82, 2.24) is 9.88 Å². The third-order valence-corrected chi connectivity index (χ3v) is 4.00. The van der Waals surface area contributed by atoms with E-state index in [0.29, 0.717) is 10.8 Å². The third kappa shape index (κ3) is 3.72. The van der Waals surface area contributed by atoms with Crippen LogP contribution in [0, 0.1) is 5.82 Å². The largest absolute Gasteiger partial charge is 0.468 e. The van der Waals surface area contributed by atoms with Gasteiger partial charge in [0, 0.05) is 17.6 Å². The predicted molar refractivity (Wildman–Crippen MR) is 85.7 cm³/mol. The molecule has 0 atom stereocenters. The minimum atomic E-state index is -0.283. The van der Waals surface area contributed by atoms with Crippen LogP contribution in [0.25, 0.3) is 0 Å². The number of benzene rings is 1. The lowest BCUT2D eigenvalue weighted by Gasteiger charge is -2.13. The molecule has 0 amide bonds. The van der Waals surface area contributed by atoms with Gasteiger partial charge in [-0.05, 0) is 31.3 Å². The average Bonchev–Trinajstić information content (AvgIpc) is 3.14. The van der Waals surface area contributed by atoms with Gasteiger partial charge in [0.2, 0.25) is 0 Å². The van der Waals surface area contributed by atoms with E-state index in [0.717, 1.165) is 23.7 Å². The number of aromatic nitrogens is 1. The zero-order chi connectivity index (χ0) is 15.4. The molecule has 0 fully saturated rings. The second kappa shape index (κ2) is 6.72. The topological polar surface area (TPSA) is 41.3 Å². The van der Waals surface area contributed by atoms with E-state index >= 15 is 0 Å². The van der Waals surface area contributed by atoms with Crippen LogP contribution < -0.4 is 5.32 Å². The van der Waals surface area contributed by atoms with Crippen LogP contribution in [0.5, 0.6) is 0 Å². The predicted octanol–water partition coefficient (Wildman–Crippen LogP) is 4.25. The molecule has 0 spiro atoms. The van der Waals surface area contributed by atoms with Crippen LogP contribution in [0.4, 0.5) is 15.2 Å². The first kappa shape index (κ1) is 14.7. The summed E-state index contributed by atoms with van der Waals surface area (Å²) in [5.41, 5.74) is 0.437. The number of rotatable bonds is 6. The van der Waals surface area contributed by atoms with Gasteiger partial charge >= 0.3 is 0 Å². The number of hydrogen-bond acceptors (Lipinski definition) is 5. The normalized spacial score (nSPS) is 11.0. The van der Waals surface area contributed by atoms with Crippen molar-refractivity contribution in [3.63, 3.8) is 0 Å². The number of anilines is 2. The summed E-state index contributed by atoms with van der Waals surface area (Å²) in [6, 6.07) is 10.4. The third-order valence-electron chi connectivity index (χ3n) is 3.10. The molecule has 4 nitrogen and oxygen atoms in total. The van der Waals surface area contributed by atoms with Crippen LogP contribution in [0.1, 0.15) is 10.6 Å². The molecule has 0 radical (unpaired) electrons. The maximum atomic E-state index is 13.6. The van der Waals surface area contributed by atoms with Gasteiger partial charge in [0.25, 0.3) is 0 Å². The van der Waals surface area contributed by atoms with Crippen LogP contribution in [0.15, 0.2) is 53.3 Å². The average molecular weight is 317 g/mol. The van der Waals surface area contributed by atoms with E-state index in [1.54, 1.807) is 24.5 Å². The first-order chi connectivity index (χ1) is 10.7. The van der Waals surface area contributed by atoms with Crippen LogP contribution in [-0.4, -0.2) is 16.9 Å². The zero-order valence-corrected chi connectivity index (χ0v) is 12.9. The van der Waals surface area contributed by atoms with Gasteiger partial charge in [-0.25, -0.2) is 9.37 Å². The Morgan fingerprint density at radius 3 is 2.86 bits per heavy atom. The molecule has 22 heavy (non-hydrogen) atoms. The maximum absolute atomic E-state index is 13.6. The lowest BCUT2D eigenvalue weighted by Crippen LogP contribution is -2.15. The van der Waals surface area contributed by atoms with Crippen molar-refractivity contribution in [2.45, 2.75) is 13.1 Å². The Morgan fingerprint density at radius 1 is 1.23 bits per heavy atom. The number of thiazole rings is 1. The maximum Gasteiger partial charge on any atom is 0.187 e. The summed E-state index contributed by atoms with van der Waals surface area (Å²) in [7, 11) is 2.02. The van der Waals surface area contributed by atoms with Gasteiger partial charge < -0.3 is 9.73 Å². The van der Waals surface area contributed by atoms with E-state index in [4.69, 9.17) is 4.42 Å². The van der Waals surface area contributed by atoms with E-state index < -0.39 is 0 Å². The Balaban J connectivity index is 1.60. The minimum Gasteiger partial charge on any atom is -0.468 e. The second-order valence-corrected chi connectivity index (χ2v) is 6.10. The zero-order valence-electron chi connectivity index (χ0n) is 12.1. The smallest absolute Gasteiger partial charge is 0.187 e. The molecule has 6 heteroatoms. The van der Waals surface area contributed by atoms with Crippen molar-refractivity contribution in [2.24, 2.45) is 0 Å². The summed E-state index contributed by atoms with van der Waals surface area (Å²) >= 11 is 1.52. The SMILES string of the molecule is CN(Cc1ccco1)Cc1cnc(Nc2ccccc2F)s1. The number of furan rings is 1. The van der Waals surface area contributed by atoms with Crippen LogP contribution >= 0.6 is 11.3 Å². The molecule has 0 aliphatic rings. The number of nitrogens with one attached hydrogen (secondary N) is 1. The summed E-state index contributed by atoms with van der Waals surface area (Å²) in [4.78, 5) is 7.54. The first-order valence-corrected chi connectivity index (χ1v) is 7.69. The highest BCUT2D eigenvalue weighted by atomic mass is 32.1. The van der Waals surface area contributed by atoms with Crippen LogP contribution in [0.3, 0.4) is 0 Å². The molecular weight excluding hydrogens is 301 g/mol. The molecule has 0 aliphatic heterocycles. The molecule has 3 aromatic rings. The van der Waals surface area contributed by atoms with E-state index in [1.165, 1.54) is 17.4 Å². The molecule has 1 N–H and O–H groups in total. The number of para-hydroxylation sites is 1. The summed E-state index contributed by atoms with van der Waals surface area (Å²) in [5.74, 6) is 0.644. The summed E-state index contributed by atoms with van der Waals surface area (Å²) in [5, 5.41) is 3.69. The van der Waals surface area contributed by atoms with Gasteiger partial charge in [-0.3, -0.25) is 4.90 Å². The molecule has 2 heterocycles. The minimum absolute atomic E-state index is 0.283. The van der Waals surface area contributed by atoms with Crippen molar-refractivity contribution < 1.29 is 8.81 Å². The fourth-order valence-corrected chi connectivity index (χ4v) is 3.01. The number of halogens is 1.